The molecule has 1 atom stereocenters. The smallest absolute Gasteiger partial charge is 0.326 e. The summed E-state index contributed by atoms with van der Waals surface area (Å²) in [6.07, 6.45) is 2.33. The second-order valence-electron chi connectivity index (χ2n) is 4.46. The summed E-state index contributed by atoms with van der Waals surface area (Å²) >= 11 is 1.56. The standard InChI is InChI=1S/C14H19NO3S/c1-9-4-5-10(2)11(8-9)13(16)15-12(14(17)18)6-7-19-3/h4-5,8,12H,6-7H2,1-3H3,(H,15,16)(H,17,18). The van der Waals surface area contributed by atoms with E-state index < -0.39 is 12.0 Å². The van der Waals surface area contributed by atoms with E-state index in [-0.39, 0.29) is 5.91 Å². The molecular formula is C14H19NO3S. The molecule has 0 aliphatic rings. The summed E-state index contributed by atoms with van der Waals surface area (Å²) in [5.74, 6) is -0.619. The molecule has 0 saturated heterocycles. The van der Waals surface area contributed by atoms with Crippen LogP contribution in [0.5, 0.6) is 0 Å². The summed E-state index contributed by atoms with van der Waals surface area (Å²) in [5.41, 5.74) is 2.36. The molecule has 1 unspecified atom stereocenters. The molecule has 0 bridgehead atoms. The summed E-state index contributed by atoms with van der Waals surface area (Å²) in [7, 11) is 0. The maximum atomic E-state index is 12.1. The van der Waals surface area contributed by atoms with Gasteiger partial charge in [0.15, 0.2) is 0 Å². The fraction of sp³-hybridized carbons (Fsp3) is 0.429. The van der Waals surface area contributed by atoms with Crippen molar-refractivity contribution in [2.75, 3.05) is 12.0 Å². The van der Waals surface area contributed by atoms with E-state index in [1.54, 1.807) is 17.8 Å². The molecule has 19 heavy (non-hydrogen) atoms. The van der Waals surface area contributed by atoms with E-state index in [4.69, 9.17) is 5.11 Å². The maximum absolute atomic E-state index is 12.1. The lowest BCUT2D eigenvalue weighted by Crippen LogP contribution is -2.41. The van der Waals surface area contributed by atoms with Gasteiger partial charge in [0, 0.05) is 5.56 Å². The van der Waals surface area contributed by atoms with E-state index in [0.717, 1.165) is 11.1 Å². The molecule has 2 N–H and O–H groups in total. The number of hydrogen-bond donors (Lipinski definition) is 2. The van der Waals surface area contributed by atoms with Gasteiger partial charge in [0.05, 0.1) is 0 Å². The first-order chi connectivity index (χ1) is 8.95. The lowest BCUT2D eigenvalue weighted by molar-refractivity contribution is -0.139. The first-order valence-corrected chi connectivity index (χ1v) is 7.45. The SMILES string of the molecule is CSCCC(NC(=O)c1cc(C)ccc1C)C(=O)O. The van der Waals surface area contributed by atoms with Gasteiger partial charge in [0.25, 0.3) is 5.91 Å². The molecule has 1 aromatic rings. The van der Waals surface area contributed by atoms with E-state index in [0.29, 0.717) is 17.7 Å². The molecule has 0 aliphatic heterocycles. The van der Waals surface area contributed by atoms with Crippen LogP contribution >= 0.6 is 11.8 Å². The van der Waals surface area contributed by atoms with Crippen LogP contribution in [0.3, 0.4) is 0 Å². The van der Waals surface area contributed by atoms with Crippen molar-refractivity contribution in [3.63, 3.8) is 0 Å². The number of carboxylic acids is 1. The number of aliphatic carboxylic acids is 1. The number of carbonyl (C=O) groups is 2. The number of thioether (sulfide) groups is 1. The van der Waals surface area contributed by atoms with Crippen LogP contribution in [-0.2, 0) is 4.79 Å². The van der Waals surface area contributed by atoms with Gasteiger partial charge in [-0.3, -0.25) is 4.79 Å². The monoisotopic (exact) mass is 281 g/mol. The van der Waals surface area contributed by atoms with Gasteiger partial charge in [-0.15, -0.1) is 0 Å². The third-order valence-corrected chi connectivity index (χ3v) is 3.50. The van der Waals surface area contributed by atoms with Crippen molar-refractivity contribution < 1.29 is 14.7 Å². The zero-order valence-corrected chi connectivity index (χ0v) is 12.2. The predicted octanol–water partition coefficient (Wildman–Crippen LogP) is 2.24. The van der Waals surface area contributed by atoms with Gasteiger partial charge in [-0.2, -0.15) is 11.8 Å². The van der Waals surface area contributed by atoms with Gasteiger partial charge in [0.1, 0.15) is 6.04 Å². The minimum absolute atomic E-state index is 0.324. The number of benzene rings is 1. The topological polar surface area (TPSA) is 66.4 Å². The number of nitrogens with one attached hydrogen (secondary N) is 1. The van der Waals surface area contributed by atoms with E-state index >= 15 is 0 Å². The van der Waals surface area contributed by atoms with Crippen molar-refractivity contribution in [3.8, 4) is 0 Å². The van der Waals surface area contributed by atoms with E-state index in [9.17, 15) is 9.59 Å². The Balaban J connectivity index is 2.81. The van der Waals surface area contributed by atoms with Crippen LogP contribution in [-0.4, -0.2) is 35.0 Å². The fourth-order valence-electron chi connectivity index (χ4n) is 1.71. The third kappa shape index (κ3) is 4.59. The quantitative estimate of drug-likeness (QED) is 0.839. The molecule has 5 heteroatoms. The first kappa shape index (κ1) is 15.6. The Bertz CT molecular complexity index is 474. The number of aryl methyl sites for hydroxylation is 2. The Morgan fingerprint density at radius 1 is 1.37 bits per heavy atom. The molecule has 0 spiro atoms. The Kier molecular flexibility index (Phi) is 5.89. The van der Waals surface area contributed by atoms with Crippen LogP contribution in [0.15, 0.2) is 18.2 Å². The Labute approximate surface area is 117 Å². The van der Waals surface area contributed by atoms with Crippen molar-refractivity contribution in [1.29, 1.82) is 0 Å². The van der Waals surface area contributed by atoms with Crippen molar-refractivity contribution in [3.05, 3.63) is 34.9 Å². The highest BCUT2D eigenvalue weighted by Gasteiger charge is 2.20. The molecule has 1 rings (SSSR count). The average molecular weight is 281 g/mol. The number of hydrogen-bond acceptors (Lipinski definition) is 3. The molecule has 0 aliphatic carbocycles. The van der Waals surface area contributed by atoms with Crippen molar-refractivity contribution in [2.24, 2.45) is 0 Å². The van der Waals surface area contributed by atoms with Gasteiger partial charge in [-0.1, -0.05) is 17.7 Å². The second kappa shape index (κ2) is 7.19. The van der Waals surface area contributed by atoms with Crippen LogP contribution in [0.25, 0.3) is 0 Å². The zero-order chi connectivity index (χ0) is 14.4. The van der Waals surface area contributed by atoms with Crippen LogP contribution in [0.4, 0.5) is 0 Å². The molecule has 1 amide bonds. The number of carbonyl (C=O) groups excluding carboxylic acids is 1. The number of amides is 1. The minimum atomic E-state index is -0.993. The number of carboxylic acid groups (broad SMARTS) is 1. The van der Waals surface area contributed by atoms with Gasteiger partial charge in [0.2, 0.25) is 0 Å². The van der Waals surface area contributed by atoms with Crippen LogP contribution in [0.1, 0.15) is 27.9 Å². The van der Waals surface area contributed by atoms with Gasteiger partial charge >= 0.3 is 5.97 Å². The van der Waals surface area contributed by atoms with Gasteiger partial charge in [-0.25, -0.2) is 4.79 Å². The normalized spacial score (nSPS) is 11.9. The highest BCUT2D eigenvalue weighted by atomic mass is 32.2. The molecule has 4 nitrogen and oxygen atoms in total. The average Bonchev–Trinajstić information content (AvgIpc) is 2.36. The Hall–Kier alpha value is -1.49. The van der Waals surface area contributed by atoms with E-state index in [1.807, 2.05) is 32.2 Å². The molecule has 0 heterocycles. The summed E-state index contributed by atoms with van der Waals surface area (Å²) < 4.78 is 0. The van der Waals surface area contributed by atoms with Crippen LogP contribution in [0, 0.1) is 13.8 Å². The van der Waals surface area contributed by atoms with E-state index in [1.165, 1.54) is 0 Å². The zero-order valence-electron chi connectivity index (χ0n) is 11.4. The molecule has 1 aromatic carbocycles. The van der Waals surface area contributed by atoms with Crippen molar-refractivity contribution in [2.45, 2.75) is 26.3 Å². The molecule has 0 aromatic heterocycles. The largest absolute Gasteiger partial charge is 0.480 e. The summed E-state index contributed by atoms with van der Waals surface area (Å²) in [4.78, 5) is 23.2. The molecule has 104 valence electrons. The van der Waals surface area contributed by atoms with Crippen LogP contribution in [0.2, 0.25) is 0 Å². The van der Waals surface area contributed by atoms with Crippen molar-refractivity contribution >= 4 is 23.6 Å². The first-order valence-electron chi connectivity index (χ1n) is 6.05. The van der Waals surface area contributed by atoms with Crippen molar-refractivity contribution in [1.82, 2.24) is 5.32 Å². The Morgan fingerprint density at radius 3 is 2.63 bits per heavy atom. The van der Waals surface area contributed by atoms with E-state index in [2.05, 4.69) is 5.32 Å². The lowest BCUT2D eigenvalue weighted by Gasteiger charge is -2.15. The molecule has 0 fully saturated rings. The minimum Gasteiger partial charge on any atom is -0.480 e. The molecule has 0 radical (unpaired) electrons. The summed E-state index contributed by atoms with van der Waals surface area (Å²) in [6.45, 7) is 3.74. The fourth-order valence-corrected chi connectivity index (χ4v) is 2.18. The summed E-state index contributed by atoms with van der Waals surface area (Å²) in [5, 5.41) is 11.7. The Morgan fingerprint density at radius 2 is 2.05 bits per heavy atom. The molecule has 0 saturated carbocycles. The van der Waals surface area contributed by atoms with Crippen LogP contribution < -0.4 is 5.32 Å². The predicted molar refractivity (Wildman–Crippen MR) is 77.8 cm³/mol. The second-order valence-corrected chi connectivity index (χ2v) is 5.45. The lowest BCUT2D eigenvalue weighted by atomic mass is 10.0. The van der Waals surface area contributed by atoms with Gasteiger partial charge in [-0.05, 0) is 43.9 Å². The highest BCUT2D eigenvalue weighted by molar-refractivity contribution is 7.98. The molecular weight excluding hydrogens is 262 g/mol. The maximum Gasteiger partial charge on any atom is 0.326 e. The number of rotatable bonds is 6. The third-order valence-electron chi connectivity index (χ3n) is 2.85. The summed E-state index contributed by atoms with van der Waals surface area (Å²) in [6, 6.07) is 4.73. The highest BCUT2D eigenvalue weighted by Crippen LogP contribution is 2.11. The van der Waals surface area contributed by atoms with Gasteiger partial charge < -0.3 is 10.4 Å².